The predicted molar refractivity (Wildman–Crippen MR) is 55.1 cm³/mol. The monoisotopic (exact) mass is 180 g/mol. The number of anilines is 1. The minimum Gasteiger partial charge on any atom is -0.385 e. The van der Waals surface area contributed by atoms with Gasteiger partial charge in [0, 0.05) is 24.0 Å². The van der Waals surface area contributed by atoms with E-state index in [-0.39, 0.29) is 5.56 Å². The van der Waals surface area contributed by atoms with Crippen LogP contribution in [0.1, 0.15) is 19.5 Å². The second-order valence-electron chi connectivity index (χ2n) is 3.69. The van der Waals surface area contributed by atoms with E-state index in [2.05, 4.69) is 24.1 Å². The molecule has 0 spiro atoms. The molecule has 3 nitrogen and oxygen atoms in total. The average Bonchev–Trinajstić information content (AvgIpc) is 1.99. The summed E-state index contributed by atoms with van der Waals surface area (Å²) < 4.78 is 0. The molecule has 3 heteroatoms. The van der Waals surface area contributed by atoms with Crippen LogP contribution in [0.15, 0.2) is 16.9 Å². The second-order valence-corrected chi connectivity index (χ2v) is 3.69. The van der Waals surface area contributed by atoms with Crippen LogP contribution < -0.4 is 10.9 Å². The molecule has 2 N–H and O–H groups in total. The van der Waals surface area contributed by atoms with Crippen molar-refractivity contribution in [2.24, 2.45) is 5.92 Å². The van der Waals surface area contributed by atoms with E-state index >= 15 is 0 Å². The van der Waals surface area contributed by atoms with Gasteiger partial charge in [-0.25, -0.2) is 0 Å². The van der Waals surface area contributed by atoms with Gasteiger partial charge in [0.25, 0.3) is 0 Å². The molecule has 0 amide bonds. The third kappa shape index (κ3) is 3.32. The molecule has 0 bridgehead atoms. The molecular weight excluding hydrogens is 164 g/mol. The highest BCUT2D eigenvalue weighted by atomic mass is 16.1. The lowest BCUT2D eigenvalue weighted by atomic mass is 10.2. The number of aromatic amines is 1. The molecule has 0 aromatic carbocycles. The first-order valence-corrected chi connectivity index (χ1v) is 4.53. The van der Waals surface area contributed by atoms with E-state index in [1.165, 1.54) is 0 Å². The van der Waals surface area contributed by atoms with Crippen molar-refractivity contribution in [2.75, 3.05) is 11.9 Å². The highest BCUT2D eigenvalue weighted by molar-refractivity contribution is 5.42. The van der Waals surface area contributed by atoms with Crippen LogP contribution in [-0.2, 0) is 0 Å². The van der Waals surface area contributed by atoms with Crippen molar-refractivity contribution in [2.45, 2.75) is 20.8 Å². The SMILES string of the molecule is Cc1cc(NCC(C)C)cc(=O)[nH]1. The summed E-state index contributed by atoms with van der Waals surface area (Å²) in [6, 6.07) is 3.51. The van der Waals surface area contributed by atoms with Crippen LogP contribution in [0.5, 0.6) is 0 Å². The fourth-order valence-electron chi connectivity index (χ4n) is 1.11. The minimum absolute atomic E-state index is 0.0498. The number of pyridine rings is 1. The summed E-state index contributed by atoms with van der Waals surface area (Å²) in [5.41, 5.74) is 1.74. The average molecular weight is 180 g/mol. The fraction of sp³-hybridized carbons (Fsp3) is 0.500. The first kappa shape index (κ1) is 9.84. The Morgan fingerprint density at radius 1 is 1.46 bits per heavy atom. The molecule has 0 aliphatic heterocycles. The highest BCUT2D eigenvalue weighted by Crippen LogP contribution is 2.05. The summed E-state index contributed by atoms with van der Waals surface area (Å²) in [4.78, 5) is 13.8. The van der Waals surface area contributed by atoms with Gasteiger partial charge in [-0.3, -0.25) is 4.79 Å². The zero-order valence-electron chi connectivity index (χ0n) is 8.35. The Kier molecular flexibility index (Phi) is 3.12. The minimum atomic E-state index is -0.0498. The smallest absolute Gasteiger partial charge is 0.250 e. The zero-order valence-corrected chi connectivity index (χ0v) is 8.35. The van der Waals surface area contributed by atoms with Gasteiger partial charge in [0.15, 0.2) is 0 Å². The Labute approximate surface area is 78.2 Å². The van der Waals surface area contributed by atoms with E-state index in [4.69, 9.17) is 0 Å². The van der Waals surface area contributed by atoms with Crippen molar-refractivity contribution in [1.82, 2.24) is 4.98 Å². The number of nitrogens with one attached hydrogen (secondary N) is 2. The molecular formula is C10H16N2O. The molecule has 13 heavy (non-hydrogen) atoms. The molecule has 0 saturated heterocycles. The summed E-state index contributed by atoms with van der Waals surface area (Å²) in [7, 11) is 0. The molecule has 0 unspecified atom stereocenters. The molecule has 1 aromatic rings. The van der Waals surface area contributed by atoms with Gasteiger partial charge in [0.1, 0.15) is 0 Å². The van der Waals surface area contributed by atoms with Gasteiger partial charge in [-0.05, 0) is 18.9 Å². The van der Waals surface area contributed by atoms with Gasteiger partial charge < -0.3 is 10.3 Å². The quantitative estimate of drug-likeness (QED) is 0.744. The lowest BCUT2D eigenvalue weighted by molar-refractivity contribution is 0.688. The lowest BCUT2D eigenvalue weighted by Crippen LogP contribution is -2.12. The molecule has 0 aliphatic carbocycles. The van der Waals surface area contributed by atoms with E-state index in [1.54, 1.807) is 6.07 Å². The number of aromatic nitrogens is 1. The fourth-order valence-corrected chi connectivity index (χ4v) is 1.11. The van der Waals surface area contributed by atoms with E-state index < -0.39 is 0 Å². The highest BCUT2D eigenvalue weighted by Gasteiger charge is 1.96. The zero-order chi connectivity index (χ0) is 9.84. The van der Waals surface area contributed by atoms with Gasteiger partial charge in [-0.2, -0.15) is 0 Å². The van der Waals surface area contributed by atoms with E-state index in [1.807, 2.05) is 13.0 Å². The van der Waals surface area contributed by atoms with Crippen molar-refractivity contribution >= 4 is 5.69 Å². The molecule has 0 atom stereocenters. The van der Waals surface area contributed by atoms with Crippen molar-refractivity contribution in [3.05, 3.63) is 28.2 Å². The summed E-state index contributed by atoms with van der Waals surface area (Å²) in [6.45, 7) is 7.03. The second kappa shape index (κ2) is 4.12. The Balaban J connectivity index is 2.72. The van der Waals surface area contributed by atoms with Crippen LogP contribution in [0.4, 0.5) is 5.69 Å². The van der Waals surface area contributed by atoms with E-state index in [9.17, 15) is 4.79 Å². The largest absolute Gasteiger partial charge is 0.385 e. The third-order valence-corrected chi connectivity index (χ3v) is 1.69. The normalized spacial score (nSPS) is 10.5. The van der Waals surface area contributed by atoms with Gasteiger partial charge in [-0.15, -0.1) is 0 Å². The first-order chi connectivity index (χ1) is 6.08. The van der Waals surface area contributed by atoms with Crippen molar-refractivity contribution in [3.8, 4) is 0 Å². The molecule has 0 aliphatic rings. The Morgan fingerprint density at radius 3 is 2.69 bits per heavy atom. The summed E-state index contributed by atoms with van der Waals surface area (Å²) >= 11 is 0. The van der Waals surface area contributed by atoms with Gasteiger partial charge in [-0.1, -0.05) is 13.8 Å². The number of H-pyrrole nitrogens is 1. The van der Waals surface area contributed by atoms with Crippen molar-refractivity contribution < 1.29 is 0 Å². The Hall–Kier alpha value is -1.25. The molecule has 1 heterocycles. The summed E-state index contributed by atoms with van der Waals surface area (Å²) in [6.07, 6.45) is 0. The van der Waals surface area contributed by atoms with Gasteiger partial charge >= 0.3 is 0 Å². The molecule has 1 aromatic heterocycles. The van der Waals surface area contributed by atoms with Crippen LogP contribution >= 0.6 is 0 Å². The van der Waals surface area contributed by atoms with Crippen LogP contribution in [0.3, 0.4) is 0 Å². The Bertz CT molecular complexity index is 328. The molecule has 1 rings (SSSR count). The number of hydrogen-bond acceptors (Lipinski definition) is 2. The van der Waals surface area contributed by atoms with Crippen molar-refractivity contribution in [3.63, 3.8) is 0 Å². The molecule has 0 radical (unpaired) electrons. The van der Waals surface area contributed by atoms with Crippen LogP contribution in [0.2, 0.25) is 0 Å². The van der Waals surface area contributed by atoms with Crippen LogP contribution in [-0.4, -0.2) is 11.5 Å². The number of aryl methyl sites for hydroxylation is 1. The van der Waals surface area contributed by atoms with Gasteiger partial charge in [0.2, 0.25) is 5.56 Å². The number of hydrogen-bond donors (Lipinski definition) is 2. The molecule has 0 saturated carbocycles. The maximum absolute atomic E-state index is 11.1. The third-order valence-electron chi connectivity index (χ3n) is 1.69. The van der Waals surface area contributed by atoms with E-state index in [0.29, 0.717) is 5.92 Å². The van der Waals surface area contributed by atoms with Crippen LogP contribution in [0, 0.1) is 12.8 Å². The maximum atomic E-state index is 11.1. The van der Waals surface area contributed by atoms with E-state index in [0.717, 1.165) is 17.9 Å². The topological polar surface area (TPSA) is 44.9 Å². The summed E-state index contributed by atoms with van der Waals surface area (Å²) in [5, 5.41) is 3.21. The molecule has 72 valence electrons. The first-order valence-electron chi connectivity index (χ1n) is 4.53. The predicted octanol–water partition coefficient (Wildman–Crippen LogP) is 1.75. The van der Waals surface area contributed by atoms with Crippen LogP contribution in [0.25, 0.3) is 0 Å². The lowest BCUT2D eigenvalue weighted by Gasteiger charge is -2.08. The molecule has 0 fully saturated rings. The summed E-state index contributed by atoms with van der Waals surface area (Å²) in [5.74, 6) is 0.583. The standard InChI is InChI=1S/C10H16N2O/c1-7(2)6-11-9-4-8(3)12-10(13)5-9/h4-5,7H,6H2,1-3H3,(H2,11,12,13). The van der Waals surface area contributed by atoms with Gasteiger partial charge in [0.05, 0.1) is 0 Å². The number of rotatable bonds is 3. The van der Waals surface area contributed by atoms with Crippen molar-refractivity contribution in [1.29, 1.82) is 0 Å². The Morgan fingerprint density at radius 2 is 2.15 bits per heavy atom. The maximum Gasteiger partial charge on any atom is 0.250 e.